The molecular formula is C12H23N3O. The van der Waals surface area contributed by atoms with Crippen LogP contribution in [0.4, 0.5) is 0 Å². The molecule has 0 aliphatic heterocycles. The normalized spacial score (nSPS) is 13.3. The first-order chi connectivity index (χ1) is 7.67. The van der Waals surface area contributed by atoms with E-state index in [0.29, 0.717) is 5.92 Å². The molecule has 1 aromatic rings. The van der Waals surface area contributed by atoms with Gasteiger partial charge in [0.2, 0.25) is 0 Å². The van der Waals surface area contributed by atoms with Gasteiger partial charge in [0, 0.05) is 25.0 Å². The van der Waals surface area contributed by atoms with Gasteiger partial charge in [0.25, 0.3) is 0 Å². The van der Waals surface area contributed by atoms with Gasteiger partial charge in [-0.2, -0.15) is 0 Å². The van der Waals surface area contributed by atoms with Crippen molar-refractivity contribution in [1.29, 1.82) is 0 Å². The van der Waals surface area contributed by atoms with Gasteiger partial charge in [0.1, 0.15) is 5.82 Å². The summed E-state index contributed by atoms with van der Waals surface area (Å²) in [5.74, 6) is 1.63. The average molecular weight is 225 g/mol. The van der Waals surface area contributed by atoms with Crippen LogP contribution in [0.15, 0.2) is 12.4 Å². The molecule has 0 amide bonds. The molecule has 1 unspecified atom stereocenters. The minimum atomic E-state index is 0.169. The van der Waals surface area contributed by atoms with E-state index < -0.39 is 0 Å². The Morgan fingerprint density at radius 2 is 2.25 bits per heavy atom. The Hall–Kier alpha value is -0.870. The molecule has 1 rings (SSSR count). The zero-order chi connectivity index (χ0) is 12.0. The van der Waals surface area contributed by atoms with E-state index in [1.807, 2.05) is 12.4 Å². The second-order valence-corrected chi connectivity index (χ2v) is 4.52. The Morgan fingerprint density at radius 1 is 1.50 bits per heavy atom. The maximum atomic E-state index is 9.24. The quantitative estimate of drug-likeness (QED) is 0.737. The number of aryl methyl sites for hydroxylation is 1. The predicted octanol–water partition coefficient (Wildman–Crippen LogP) is 1.40. The van der Waals surface area contributed by atoms with Crippen molar-refractivity contribution >= 4 is 0 Å². The summed E-state index contributed by atoms with van der Waals surface area (Å²) in [6.07, 6.45) is 4.79. The van der Waals surface area contributed by atoms with Gasteiger partial charge >= 0.3 is 0 Å². The van der Waals surface area contributed by atoms with Gasteiger partial charge in [-0.25, -0.2) is 4.98 Å². The maximum Gasteiger partial charge on any atom is 0.122 e. The van der Waals surface area contributed by atoms with Gasteiger partial charge in [0.15, 0.2) is 0 Å². The van der Waals surface area contributed by atoms with Gasteiger partial charge in [-0.05, 0) is 19.3 Å². The second-order valence-electron chi connectivity index (χ2n) is 4.52. The van der Waals surface area contributed by atoms with Crippen molar-refractivity contribution in [2.45, 2.75) is 46.3 Å². The van der Waals surface area contributed by atoms with Crippen LogP contribution >= 0.6 is 0 Å². The molecule has 0 fully saturated rings. The van der Waals surface area contributed by atoms with E-state index in [0.717, 1.165) is 25.3 Å². The van der Waals surface area contributed by atoms with Crippen LogP contribution < -0.4 is 5.32 Å². The zero-order valence-corrected chi connectivity index (χ0v) is 10.5. The molecular weight excluding hydrogens is 202 g/mol. The maximum absolute atomic E-state index is 9.24. The highest BCUT2D eigenvalue weighted by Gasteiger charge is 2.10. The molecule has 16 heavy (non-hydrogen) atoms. The topological polar surface area (TPSA) is 50.1 Å². The molecule has 0 aliphatic rings. The molecule has 1 atom stereocenters. The smallest absolute Gasteiger partial charge is 0.122 e. The summed E-state index contributed by atoms with van der Waals surface area (Å²) in [5.41, 5.74) is 0. The number of aliphatic hydroxyl groups is 1. The van der Waals surface area contributed by atoms with E-state index in [-0.39, 0.29) is 12.6 Å². The minimum absolute atomic E-state index is 0.169. The summed E-state index contributed by atoms with van der Waals surface area (Å²) in [6, 6.07) is 0.169. The molecule has 0 aliphatic carbocycles. The third-order valence-electron chi connectivity index (χ3n) is 2.67. The Kier molecular flexibility index (Phi) is 5.49. The second kappa shape index (κ2) is 6.66. The van der Waals surface area contributed by atoms with Crippen LogP contribution in [0.3, 0.4) is 0 Å². The molecule has 2 N–H and O–H groups in total. The van der Waals surface area contributed by atoms with Crippen LogP contribution in [-0.4, -0.2) is 27.3 Å². The fraction of sp³-hybridized carbons (Fsp3) is 0.750. The highest BCUT2D eigenvalue weighted by atomic mass is 16.3. The first kappa shape index (κ1) is 13.2. The summed E-state index contributed by atoms with van der Waals surface area (Å²) >= 11 is 0. The number of nitrogens with zero attached hydrogens (tertiary/aromatic N) is 2. The zero-order valence-electron chi connectivity index (χ0n) is 10.5. The monoisotopic (exact) mass is 225 g/mol. The van der Waals surface area contributed by atoms with Gasteiger partial charge in [-0.3, -0.25) is 0 Å². The van der Waals surface area contributed by atoms with Crippen molar-refractivity contribution in [3.63, 3.8) is 0 Å². The summed E-state index contributed by atoms with van der Waals surface area (Å²) in [7, 11) is 0. The molecule has 1 heterocycles. The standard InChI is InChI=1S/C12H23N3O/c1-4-15-6-5-13-12(15)8-14-11(9-16)7-10(2)3/h5-6,10-11,14,16H,4,7-9H2,1-3H3. The van der Waals surface area contributed by atoms with E-state index in [4.69, 9.17) is 0 Å². The molecule has 0 saturated carbocycles. The van der Waals surface area contributed by atoms with Crippen molar-refractivity contribution in [3.8, 4) is 0 Å². The number of hydrogen-bond acceptors (Lipinski definition) is 3. The van der Waals surface area contributed by atoms with E-state index in [2.05, 4.69) is 35.6 Å². The fourth-order valence-electron chi connectivity index (χ4n) is 1.82. The summed E-state index contributed by atoms with van der Waals surface area (Å²) < 4.78 is 2.11. The summed E-state index contributed by atoms with van der Waals surface area (Å²) in [4.78, 5) is 4.29. The molecule has 0 radical (unpaired) electrons. The SMILES string of the molecule is CCn1ccnc1CNC(CO)CC(C)C. The number of rotatable bonds is 7. The van der Waals surface area contributed by atoms with Gasteiger partial charge in [-0.15, -0.1) is 0 Å². The number of nitrogens with one attached hydrogen (secondary N) is 1. The van der Waals surface area contributed by atoms with Gasteiger partial charge in [-0.1, -0.05) is 13.8 Å². The molecule has 0 spiro atoms. The highest BCUT2D eigenvalue weighted by Crippen LogP contribution is 2.05. The van der Waals surface area contributed by atoms with E-state index in [9.17, 15) is 5.11 Å². The number of hydrogen-bond donors (Lipinski definition) is 2. The molecule has 1 aromatic heterocycles. The minimum Gasteiger partial charge on any atom is -0.395 e. The number of aliphatic hydroxyl groups excluding tert-OH is 1. The van der Waals surface area contributed by atoms with Crippen molar-refractivity contribution in [3.05, 3.63) is 18.2 Å². The lowest BCUT2D eigenvalue weighted by molar-refractivity contribution is 0.222. The highest BCUT2D eigenvalue weighted by molar-refractivity contribution is 4.92. The fourth-order valence-corrected chi connectivity index (χ4v) is 1.82. The molecule has 4 heteroatoms. The van der Waals surface area contributed by atoms with Gasteiger partial charge < -0.3 is 15.0 Å². The third kappa shape index (κ3) is 3.94. The third-order valence-corrected chi connectivity index (χ3v) is 2.67. The van der Waals surface area contributed by atoms with Crippen LogP contribution in [0.1, 0.15) is 33.0 Å². The number of imidazole rings is 1. The van der Waals surface area contributed by atoms with E-state index in [1.165, 1.54) is 0 Å². The van der Waals surface area contributed by atoms with Crippen LogP contribution in [0.5, 0.6) is 0 Å². The number of aromatic nitrogens is 2. The Morgan fingerprint density at radius 3 is 2.81 bits per heavy atom. The summed E-state index contributed by atoms with van der Waals surface area (Å²) in [5, 5.41) is 12.6. The van der Waals surface area contributed by atoms with Crippen molar-refractivity contribution in [1.82, 2.24) is 14.9 Å². The van der Waals surface area contributed by atoms with Crippen LogP contribution in [0.25, 0.3) is 0 Å². The molecule has 4 nitrogen and oxygen atoms in total. The van der Waals surface area contributed by atoms with Crippen molar-refractivity contribution in [2.75, 3.05) is 6.61 Å². The Bertz CT molecular complexity index is 296. The molecule has 0 saturated heterocycles. The lowest BCUT2D eigenvalue weighted by Gasteiger charge is -2.18. The average Bonchev–Trinajstić information content (AvgIpc) is 2.70. The van der Waals surface area contributed by atoms with Gasteiger partial charge in [0.05, 0.1) is 13.2 Å². The van der Waals surface area contributed by atoms with E-state index >= 15 is 0 Å². The Labute approximate surface area is 97.7 Å². The summed E-state index contributed by atoms with van der Waals surface area (Å²) in [6.45, 7) is 8.27. The molecule has 92 valence electrons. The van der Waals surface area contributed by atoms with Crippen molar-refractivity contribution in [2.24, 2.45) is 5.92 Å². The predicted molar refractivity (Wildman–Crippen MR) is 65.1 cm³/mol. The molecule has 0 bridgehead atoms. The lowest BCUT2D eigenvalue weighted by atomic mass is 10.0. The first-order valence-corrected chi connectivity index (χ1v) is 6.01. The van der Waals surface area contributed by atoms with Crippen LogP contribution in [0, 0.1) is 5.92 Å². The lowest BCUT2D eigenvalue weighted by Crippen LogP contribution is -2.34. The van der Waals surface area contributed by atoms with Crippen LogP contribution in [0.2, 0.25) is 0 Å². The van der Waals surface area contributed by atoms with E-state index in [1.54, 1.807) is 0 Å². The van der Waals surface area contributed by atoms with Crippen LogP contribution in [-0.2, 0) is 13.1 Å². The largest absolute Gasteiger partial charge is 0.395 e. The first-order valence-electron chi connectivity index (χ1n) is 6.01. The molecule has 0 aromatic carbocycles. The van der Waals surface area contributed by atoms with Crippen molar-refractivity contribution < 1.29 is 5.11 Å². The Balaban J connectivity index is 2.43.